The standard InChI is InChI=1S/C17H33N3/c1-2-15-6-8-17(12-15,14-18)20-11-7-16(13-20)19-9-4-3-5-10-19/h15-16H,2-14,18H2,1H3. The van der Waals surface area contributed by atoms with Crippen LogP contribution in [0, 0.1) is 5.92 Å². The van der Waals surface area contributed by atoms with Gasteiger partial charge in [0.15, 0.2) is 0 Å². The summed E-state index contributed by atoms with van der Waals surface area (Å²) in [4.78, 5) is 5.54. The van der Waals surface area contributed by atoms with E-state index in [9.17, 15) is 0 Å². The van der Waals surface area contributed by atoms with Gasteiger partial charge in [0.1, 0.15) is 0 Å². The number of nitrogens with zero attached hydrogens (tertiary/aromatic N) is 2. The van der Waals surface area contributed by atoms with Crippen molar-refractivity contribution in [3.63, 3.8) is 0 Å². The Morgan fingerprint density at radius 3 is 2.55 bits per heavy atom. The first-order chi connectivity index (χ1) is 9.77. The second kappa shape index (κ2) is 6.33. The summed E-state index contributed by atoms with van der Waals surface area (Å²) in [6, 6.07) is 0.819. The normalized spacial score (nSPS) is 40.5. The number of nitrogens with two attached hydrogens (primary N) is 1. The van der Waals surface area contributed by atoms with E-state index in [-0.39, 0.29) is 0 Å². The van der Waals surface area contributed by atoms with Crippen molar-refractivity contribution in [3.8, 4) is 0 Å². The summed E-state index contributed by atoms with van der Waals surface area (Å²) in [6.07, 6.45) is 11.1. The van der Waals surface area contributed by atoms with Crippen LogP contribution < -0.4 is 5.73 Å². The van der Waals surface area contributed by atoms with E-state index in [0.717, 1.165) is 18.5 Å². The smallest absolute Gasteiger partial charge is 0.0335 e. The zero-order valence-electron chi connectivity index (χ0n) is 13.3. The molecule has 116 valence electrons. The summed E-state index contributed by atoms with van der Waals surface area (Å²) >= 11 is 0. The van der Waals surface area contributed by atoms with Crippen molar-refractivity contribution >= 4 is 0 Å². The van der Waals surface area contributed by atoms with Crippen molar-refractivity contribution in [1.82, 2.24) is 9.80 Å². The molecule has 0 aromatic carbocycles. The zero-order chi connectivity index (χ0) is 14.0. The number of hydrogen-bond donors (Lipinski definition) is 1. The minimum Gasteiger partial charge on any atom is -0.329 e. The highest BCUT2D eigenvalue weighted by Gasteiger charge is 2.45. The van der Waals surface area contributed by atoms with Crippen molar-refractivity contribution in [3.05, 3.63) is 0 Å². The second-order valence-corrected chi connectivity index (χ2v) is 7.43. The average molecular weight is 279 g/mol. The van der Waals surface area contributed by atoms with Gasteiger partial charge in [-0.2, -0.15) is 0 Å². The molecule has 3 unspecified atom stereocenters. The van der Waals surface area contributed by atoms with Crippen LogP contribution in [0.15, 0.2) is 0 Å². The molecule has 0 bridgehead atoms. The van der Waals surface area contributed by atoms with Crippen LogP contribution in [0.2, 0.25) is 0 Å². The quantitative estimate of drug-likeness (QED) is 0.858. The SMILES string of the molecule is CCC1CCC(CN)(N2CCC(N3CCCCC3)C2)C1. The molecule has 1 aliphatic carbocycles. The predicted molar refractivity (Wildman–Crippen MR) is 84.8 cm³/mol. The molecule has 20 heavy (non-hydrogen) atoms. The van der Waals surface area contributed by atoms with E-state index in [1.165, 1.54) is 77.5 Å². The Morgan fingerprint density at radius 2 is 1.90 bits per heavy atom. The van der Waals surface area contributed by atoms with Gasteiger partial charge in [-0.25, -0.2) is 0 Å². The van der Waals surface area contributed by atoms with Crippen LogP contribution in [0.3, 0.4) is 0 Å². The molecular weight excluding hydrogens is 246 g/mol. The summed E-state index contributed by atoms with van der Waals surface area (Å²) < 4.78 is 0. The summed E-state index contributed by atoms with van der Waals surface area (Å²) in [5.41, 5.74) is 6.59. The Kier molecular flexibility index (Phi) is 4.68. The zero-order valence-corrected chi connectivity index (χ0v) is 13.3. The van der Waals surface area contributed by atoms with Gasteiger partial charge in [0.2, 0.25) is 0 Å². The van der Waals surface area contributed by atoms with Gasteiger partial charge in [-0.15, -0.1) is 0 Å². The van der Waals surface area contributed by atoms with Gasteiger partial charge in [-0.3, -0.25) is 9.80 Å². The van der Waals surface area contributed by atoms with Gasteiger partial charge in [0.05, 0.1) is 0 Å². The Bertz CT molecular complexity index is 313. The number of piperidine rings is 1. The van der Waals surface area contributed by atoms with Gasteiger partial charge in [-0.05, 0) is 57.5 Å². The van der Waals surface area contributed by atoms with E-state index >= 15 is 0 Å². The molecule has 2 aliphatic heterocycles. The molecule has 3 rings (SSSR count). The summed E-state index contributed by atoms with van der Waals surface area (Å²) in [7, 11) is 0. The predicted octanol–water partition coefficient (Wildman–Crippen LogP) is 2.45. The maximum atomic E-state index is 6.23. The number of likely N-dealkylation sites (tertiary alicyclic amines) is 2. The average Bonchev–Trinajstić information content (AvgIpc) is 3.16. The van der Waals surface area contributed by atoms with Crippen molar-refractivity contribution in [2.75, 3.05) is 32.7 Å². The van der Waals surface area contributed by atoms with Crippen molar-refractivity contribution in [2.24, 2.45) is 11.7 Å². The molecule has 2 N–H and O–H groups in total. The summed E-state index contributed by atoms with van der Waals surface area (Å²) in [5.74, 6) is 0.924. The minimum absolute atomic E-state index is 0.352. The molecule has 2 saturated heterocycles. The molecule has 0 amide bonds. The maximum Gasteiger partial charge on any atom is 0.0335 e. The monoisotopic (exact) mass is 279 g/mol. The van der Waals surface area contributed by atoms with E-state index < -0.39 is 0 Å². The molecule has 3 fully saturated rings. The summed E-state index contributed by atoms with van der Waals surface area (Å²) in [5, 5.41) is 0. The fourth-order valence-corrected chi connectivity index (χ4v) is 4.92. The number of rotatable bonds is 4. The molecule has 2 heterocycles. The molecule has 3 heteroatoms. The molecule has 3 atom stereocenters. The van der Waals surface area contributed by atoms with Crippen LogP contribution >= 0.6 is 0 Å². The highest BCUT2D eigenvalue weighted by atomic mass is 15.3. The molecule has 0 spiro atoms. The van der Waals surface area contributed by atoms with Gasteiger partial charge < -0.3 is 5.73 Å². The van der Waals surface area contributed by atoms with Crippen molar-refractivity contribution < 1.29 is 0 Å². The van der Waals surface area contributed by atoms with Crippen molar-refractivity contribution in [1.29, 1.82) is 0 Å². The minimum atomic E-state index is 0.352. The van der Waals surface area contributed by atoms with Gasteiger partial charge in [0.25, 0.3) is 0 Å². The molecule has 0 radical (unpaired) electrons. The van der Waals surface area contributed by atoms with Crippen LogP contribution in [0.4, 0.5) is 0 Å². The van der Waals surface area contributed by atoms with Crippen LogP contribution in [0.25, 0.3) is 0 Å². The van der Waals surface area contributed by atoms with Crippen molar-refractivity contribution in [2.45, 2.75) is 69.9 Å². The van der Waals surface area contributed by atoms with Gasteiger partial charge in [-0.1, -0.05) is 19.8 Å². The number of hydrogen-bond acceptors (Lipinski definition) is 3. The molecule has 0 aromatic rings. The van der Waals surface area contributed by atoms with E-state index in [1.807, 2.05) is 0 Å². The lowest BCUT2D eigenvalue weighted by molar-refractivity contribution is 0.102. The van der Waals surface area contributed by atoms with E-state index in [1.54, 1.807) is 0 Å². The summed E-state index contributed by atoms with van der Waals surface area (Å²) in [6.45, 7) is 8.47. The Morgan fingerprint density at radius 1 is 1.10 bits per heavy atom. The van der Waals surface area contributed by atoms with Gasteiger partial charge >= 0.3 is 0 Å². The molecule has 3 nitrogen and oxygen atoms in total. The molecule has 3 aliphatic rings. The molecule has 0 aromatic heterocycles. The topological polar surface area (TPSA) is 32.5 Å². The third-order valence-corrected chi connectivity index (χ3v) is 6.39. The lowest BCUT2D eigenvalue weighted by atomic mass is 9.93. The van der Waals surface area contributed by atoms with Gasteiger partial charge in [0, 0.05) is 31.2 Å². The van der Waals surface area contributed by atoms with Crippen LogP contribution in [0.1, 0.15) is 58.3 Å². The van der Waals surface area contributed by atoms with E-state index in [2.05, 4.69) is 16.7 Å². The third-order valence-electron chi connectivity index (χ3n) is 6.39. The lowest BCUT2D eigenvalue weighted by Crippen LogP contribution is -2.52. The van der Waals surface area contributed by atoms with E-state index in [0.29, 0.717) is 5.54 Å². The Hall–Kier alpha value is -0.120. The highest BCUT2D eigenvalue weighted by Crippen LogP contribution is 2.41. The third kappa shape index (κ3) is 2.77. The fourth-order valence-electron chi connectivity index (χ4n) is 4.92. The molecular formula is C17H33N3. The fraction of sp³-hybridized carbons (Fsp3) is 1.00. The van der Waals surface area contributed by atoms with Crippen LogP contribution in [-0.2, 0) is 0 Å². The maximum absolute atomic E-state index is 6.23. The lowest BCUT2D eigenvalue weighted by Gasteiger charge is -2.39. The first-order valence-electron chi connectivity index (χ1n) is 8.96. The first kappa shape index (κ1) is 14.8. The molecule has 1 saturated carbocycles. The Balaban J connectivity index is 1.60. The van der Waals surface area contributed by atoms with Crippen LogP contribution in [-0.4, -0.2) is 54.1 Å². The largest absolute Gasteiger partial charge is 0.329 e. The highest BCUT2D eigenvalue weighted by molar-refractivity contribution is 5.02. The first-order valence-corrected chi connectivity index (χ1v) is 8.96. The van der Waals surface area contributed by atoms with Crippen LogP contribution in [0.5, 0.6) is 0 Å². The second-order valence-electron chi connectivity index (χ2n) is 7.43. The Labute approximate surface area is 124 Å². The van der Waals surface area contributed by atoms with E-state index in [4.69, 9.17) is 5.73 Å².